The monoisotopic (exact) mass is 265 g/mol. The van der Waals surface area contributed by atoms with Crippen molar-refractivity contribution in [2.45, 2.75) is 32.4 Å². The number of rotatable bonds is 4. The zero-order valence-electron chi connectivity index (χ0n) is 10.4. The van der Waals surface area contributed by atoms with Crippen molar-refractivity contribution in [1.82, 2.24) is 14.8 Å². The van der Waals surface area contributed by atoms with E-state index in [1.807, 2.05) is 32.0 Å². The van der Waals surface area contributed by atoms with Crippen LogP contribution in [0.15, 0.2) is 30.6 Å². The molecule has 0 aliphatic carbocycles. The molecule has 1 atom stereocenters. The van der Waals surface area contributed by atoms with Crippen molar-refractivity contribution >= 4 is 11.6 Å². The molecule has 2 rings (SSSR count). The SMILES string of the molecule is CC(C)n1ncnc1CC(O)c1ccccc1Cl. The molecule has 0 radical (unpaired) electrons. The number of hydrogen-bond acceptors (Lipinski definition) is 3. The van der Waals surface area contributed by atoms with Gasteiger partial charge < -0.3 is 5.11 Å². The number of hydrogen-bond donors (Lipinski definition) is 1. The molecule has 18 heavy (non-hydrogen) atoms. The molecule has 0 saturated heterocycles. The number of aromatic nitrogens is 3. The van der Waals surface area contributed by atoms with E-state index < -0.39 is 6.10 Å². The molecule has 5 heteroatoms. The standard InChI is InChI=1S/C13H16ClN3O/c1-9(2)17-13(15-8-16-17)7-12(18)10-5-3-4-6-11(10)14/h3-6,8-9,12,18H,7H2,1-2H3. The minimum atomic E-state index is -0.666. The van der Waals surface area contributed by atoms with Crippen molar-refractivity contribution in [1.29, 1.82) is 0 Å². The maximum Gasteiger partial charge on any atom is 0.138 e. The Labute approximate surface area is 111 Å². The van der Waals surface area contributed by atoms with E-state index in [1.54, 1.807) is 10.7 Å². The molecule has 1 aromatic carbocycles. The first-order valence-corrected chi connectivity index (χ1v) is 6.28. The lowest BCUT2D eigenvalue weighted by Crippen LogP contribution is -2.12. The van der Waals surface area contributed by atoms with Crippen LogP contribution in [0.2, 0.25) is 5.02 Å². The smallest absolute Gasteiger partial charge is 0.138 e. The van der Waals surface area contributed by atoms with Crippen molar-refractivity contribution in [3.8, 4) is 0 Å². The predicted octanol–water partition coefficient (Wildman–Crippen LogP) is 2.79. The van der Waals surface area contributed by atoms with Crippen molar-refractivity contribution in [3.05, 3.63) is 47.0 Å². The normalized spacial score (nSPS) is 12.9. The average molecular weight is 266 g/mol. The van der Waals surface area contributed by atoms with Crippen molar-refractivity contribution in [2.75, 3.05) is 0 Å². The lowest BCUT2D eigenvalue weighted by molar-refractivity contribution is 0.173. The van der Waals surface area contributed by atoms with Crippen molar-refractivity contribution in [3.63, 3.8) is 0 Å². The molecule has 0 fully saturated rings. The number of aliphatic hydroxyl groups is 1. The molecule has 1 N–H and O–H groups in total. The minimum absolute atomic E-state index is 0.223. The van der Waals surface area contributed by atoms with Crippen LogP contribution in [0, 0.1) is 0 Å². The zero-order valence-corrected chi connectivity index (χ0v) is 11.2. The molecule has 0 aliphatic rings. The van der Waals surface area contributed by atoms with Gasteiger partial charge in [-0.2, -0.15) is 5.10 Å². The summed E-state index contributed by atoms with van der Waals surface area (Å²) >= 11 is 6.06. The summed E-state index contributed by atoms with van der Waals surface area (Å²) in [7, 11) is 0. The van der Waals surface area contributed by atoms with Crippen LogP contribution >= 0.6 is 11.6 Å². The van der Waals surface area contributed by atoms with Gasteiger partial charge in [0.15, 0.2) is 0 Å². The topological polar surface area (TPSA) is 50.9 Å². The Balaban J connectivity index is 2.19. The van der Waals surface area contributed by atoms with E-state index in [4.69, 9.17) is 11.6 Å². The van der Waals surface area contributed by atoms with Crippen LogP contribution < -0.4 is 0 Å². The first-order valence-electron chi connectivity index (χ1n) is 5.90. The highest BCUT2D eigenvalue weighted by atomic mass is 35.5. The summed E-state index contributed by atoms with van der Waals surface area (Å²) in [5, 5.41) is 14.9. The van der Waals surface area contributed by atoms with Gasteiger partial charge >= 0.3 is 0 Å². The number of nitrogens with zero attached hydrogens (tertiary/aromatic N) is 3. The van der Waals surface area contributed by atoms with E-state index in [-0.39, 0.29) is 6.04 Å². The van der Waals surface area contributed by atoms with Gasteiger partial charge in [-0.05, 0) is 25.5 Å². The van der Waals surface area contributed by atoms with E-state index in [1.165, 1.54) is 6.33 Å². The van der Waals surface area contributed by atoms with Crippen LogP contribution in [0.3, 0.4) is 0 Å². The van der Waals surface area contributed by atoms with Gasteiger partial charge in [0.05, 0.1) is 6.10 Å². The Morgan fingerprint density at radius 3 is 2.72 bits per heavy atom. The van der Waals surface area contributed by atoms with Gasteiger partial charge in [0.1, 0.15) is 12.2 Å². The van der Waals surface area contributed by atoms with Gasteiger partial charge in [0.2, 0.25) is 0 Å². The molecule has 4 nitrogen and oxygen atoms in total. The largest absolute Gasteiger partial charge is 0.388 e. The number of aliphatic hydroxyl groups excluding tert-OH is 1. The summed E-state index contributed by atoms with van der Waals surface area (Å²) in [4.78, 5) is 4.18. The molecule has 1 aromatic heterocycles. The summed E-state index contributed by atoms with van der Waals surface area (Å²) in [6.07, 6.45) is 1.25. The highest BCUT2D eigenvalue weighted by Crippen LogP contribution is 2.25. The fourth-order valence-electron chi connectivity index (χ4n) is 1.88. The fourth-order valence-corrected chi connectivity index (χ4v) is 2.14. The Kier molecular flexibility index (Phi) is 3.99. The maximum absolute atomic E-state index is 10.2. The Morgan fingerprint density at radius 1 is 1.33 bits per heavy atom. The summed E-state index contributed by atoms with van der Waals surface area (Å²) < 4.78 is 1.81. The zero-order chi connectivity index (χ0) is 13.1. The molecule has 0 saturated carbocycles. The highest BCUT2D eigenvalue weighted by Gasteiger charge is 2.16. The predicted molar refractivity (Wildman–Crippen MR) is 70.5 cm³/mol. The fraction of sp³-hybridized carbons (Fsp3) is 0.385. The van der Waals surface area contributed by atoms with E-state index in [2.05, 4.69) is 10.1 Å². The molecule has 0 aliphatic heterocycles. The van der Waals surface area contributed by atoms with E-state index in [9.17, 15) is 5.11 Å². The Hall–Kier alpha value is -1.39. The second-order valence-electron chi connectivity index (χ2n) is 4.46. The summed E-state index contributed by atoms with van der Waals surface area (Å²) in [6, 6.07) is 7.52. The van der Waals surface area contributed by atoms with E-state index >= 15 is 0 Å². The van der Waals surface area contributed by atoms with Gasteiger partial charge in [-0.1, -0.05) is 29.8 Å². The molecular weight excluding hydrogens is 250 g/mol. The van der Waals surface area contributed by atoms with Gasteiger partial charge in [-0.25, -0.2) is 9.67 Å². The van der Waals surface area contributed by atoms with Crippen molar-refractivity contribution in [2.24, 2.45) is 0 Å². The molecule has 1 heterocycles. The second-order valence-corrected chi connectivity index (χ2v) is 4.86. The molecule has 1 unspecified atom stereocenters. The first kappa shape index (κ1) is 13.1. The van der Waals surface area contributed by atoms with E-state index in [0.29, 0.717) is 11.4 Å². The molecule has 0 bridgehead atoms. The van der Waals surface area contributed by atoms with Crippen molar-refractivity contribution < 1.29 is 5.11 Å². The van der Waals surface area contributed by atoms with Crippen LogP contribution in [0.25, 0.3) is 0 Å². The first-order chi connectivity index (χ1) is 8.59. The quantitative estimate of drug-likeness (QED) is 0.925. The van der Waals surface area contributed by atoms with Crippen LogP contribution in [-0.2, 0) is 6.42 Å². The molecule has 2 aromatic rings. The number of benzene rings is 1. The maximum atomic E-state index is 10.2. The highest BCUT2D eigenvalue weighted by molar-refractivity contribution is 6.31. The molecule has 96 valence electrons. The lowest BCUT2D eigenvalue weighted by Gasteiger charge is -2.14. The third-order valence-corrected chi connectivity index (χ3v) is 3.12. The van der Waals surface area contributed by atoms with Crippen LogP contribution in [0.4, 0.5) is 0 Å². The van der Waals surface area contributed by atoms with Crippen LogP contribution in [0.1, 0.15) is 37.4 Å². The Morgan fingerprint density at radius 2 is 2.06 bits per heavy atom. The molecule has 0 spiro atoms. The van der Waals surface area contributed by atoms with Crippen LogP contribution in [-0.4, -0.2) is 19.9 Å². The van der Waals surface area contributed by atoms with Gasteiger partial charge in [-0.15, -0.1) is 0 Å². The third kappa shape index (κ3) is 2.71. The Bertz CT molecular complexity index is 524. The van der Waals surface area contributed by atoms with E-state index in [0.717, 1.165) is 11.4 Å². The average Bonchev–Trinajstić information content (AvgIpc) is 2.77. The molecule has 0 amide bonds. The second kappa shape index (κ2) is 5.50. The lowest BCUT2D eigenvalue weighted by atomic mass is 10.1. The van der Waals surface area contributed by atoms with Crippen LogP contribution in [0.5, 0.6) is 0 Å². The summed E-state index contributed by atoms with van der Waals surface area (Å²) in [5.41, 5.74) is 0.720. The van der Waals surface area contributed by atoms with Gasteiger partial charge in [0, 0.05) is 17.5 Å². The minimum Gasteiger partial charge on any atom is -0.388 e. The number of halogens is 1. The summed E-state index contributed by atoms with van der Waals surface area (Å²) in [5.74, 6) is 0.761. The molecular formula is C13H16ClN3O. The van der Waals surface area contributed by atoms with Gasteiger partial charge in [-0.3, -0.25) is 0 Å². The van der Waals surface area contributed by atoms with Gasteiger partial charge in [0.25, 0.3) is 0 Å². The summed E-state index contributed by atoms with van der Waals surface area (Å²) in [6.45, 7) is 4.06. The third-order valence-electron chi connectivity index (χ3n) is 2.78.